The van der Waals surface area contributed by atoms with Crippen LogP contribution in [0.25, 0.3) is 0 Å². The molecule has 0 aliphatic heterocycles. The van der Waals surface area contributed by atoms with Gasteiger partial charge in [-0.1, -0.05) is 18.6 Å². The standard InChI is InChI=1S/C18H26N7O4P/c1-30(27,28)29-15-8-3-2-7-13(15)24-25-14-9-10-16(22-17(14)21)23-18(26)12(20)6-4-5-11-19/h2-3,7-10,12H,4-6,11,19-20H2,1H3,(H,27,28)(H3,21,22,23,26)/t12-/m0/s1. The number of carbonyl (C=O) groups is 1. The molecule has 0 radical (unpaired) electrons. The van der Waals surface area contributed by atoms with E-state index in [1.807, 2.05) is 0 Å². The molecule has 1 aromatic heterocycles. The Morgan fingerprint density at radius 3 is 2.60 bits per heavy atom. The van der Waals surface area contributed by atoms with E-state index in [-0.39, 0.29) is 34.7 Å². The van der Waals surface area contributed by atoms with Gasteiger partial charge in [0.1, 0.15) is 17.2 Å². The molecule has 0 bridgehead atoms. The summed E-state index contributed by atoms with van der Waals surface area (Å²) in [5.41, 5.74) is 17.7. The van der Waals surface area contributed by atoms with Gasteiger partial charge in [0.05, 0.1) is 6.04 Å². The van der Waals surface area contributed by atoms with Crippen molar-refractivity contribution >= 4 is 36.5 Å². The summed E-state index contributed by atoms with van der Waals surface area (Å²) in [4.78, 5) is 25.6. The van der Waals surface area contributed by atoms with E-state index in [2.05, 4.69) is 20.5 Å². The fraction of sp³-hybridized carbons (Fsp3) is 0.333. The van der Waals surface area contributed by atoms with Gasteiger partial charge in [-0.3, -0.25) is 4.79 Å². The number of rotatable bonds is 10. The van der Waals surface area contributed by atoms with Crippen molar-refractivity contribution in [1.29, 1.82) is 0 Å². The zero-order valence-electron chi connectivity index (χ0n) is 16.6. The number of nitrogens with zero attached hydrogens (tertiary/aromatic N) is 3. The number of nitrogen functional groups attached to an aromatic ring is 1. The highest BCUT2D eigenvalue weighted by Gasteiger charge is 2.16. The molecule has 0 fully saturated rings. The van der Waals surface area contributed by atoms with Gasteiger partial charge in [0.25, 0.3) is 0 Å². The van der Waals surface area contributed by atoms with Gasteiger partial charge in [0.2, 0.25) is 5.91 Å². The van der Waals surface area contributed by atoms with Gasteiger partial charge in [-0.25, -0.2) is 9.55 Å². The number of hydrogen-bond donors (Lipinski definition) is 5. The molecule has 0 aliphatic rings. The lowest BCUT2D eigenvalue weighted by Crippen LogP contribution is -2.35. The third-order valence-electron chi connectivity index (χ3n) is 3.86. The SMILES string of the molecule is CP(=O)(O)Oc1ccccc1N=Nc1ccc(NC(=O)[C@@H](N)CCCCN)nc1N. The summed E-state index contributed by atoms with van der Waals surface area (Å²) in [5.74, 6) is 0.0117. The van der Waals surface area contributed by atoms with Gasteiger partial charge in [0.15, 0.2) is 11.6 Å². The third-order valence-corrected chi connectivity index (χ3v) is 4.39. The Kier molecular flexibility index (Phi) is 8.43. The van der Waals surface area contributed by atoms with Crippen molar-refractivity contribution in [2.24, 2.45) is 21.7 Å². The molecule has 0 aliphatic carbocycles. The molecule has 162 valence electrons. The largest absolute Gasteiger partial charge is 0.422 e. The number of nitrogens with two attached hydrogens (primary N) is 3. The maximum atomic E-state index is 12.1. The molecule has 2 rings (SSSR count). The molecule has 11 nitrogen and oxygen atoms in total. The van der Waals surface area contributed by atoms with Crippen LogP contribution in [0.3, 0.4) is 0 Å². The van der Waals surface area contributed by atoms with E-state index in [1.54, 1.807) is 18.2 Å². The van der Waals surface area contributed by atoms with Crippen LogP contribution >= 0.6 is 7.60 Å². The van der Waals surface area contributed by atoms with Crippen LogP contribution in [0.5, 0.6) is 5.75 Å². The maximum absolute atomic E-state index is 12.1. The second kappa shape index (κ2) is 10.8. The molecule has 2 aromatic rings. The predicted molar refractivity (Wildman–Crippen MR) is 115 cm³/mol. The summed E-state index contributed by atoms with van der Waals surface area (Å²) in [5, 5.41) is 10.6. The molecule has 1 amide bonds. The molecular weight excluding hydrogens is 409 g/mol. The van der Waals surface area contributed by atoms with Gasteiger partial charge < -0.3 is 31.9 Å². The Morgan fingerprint density at radius 1 is 1.23 bits per heavy atom. The summed E-state index contributed by atoms with van der Waals surface area (Å²) in [6.07, 6.45) is 2.08. The molecule has 8 N–H and O–H groups in total. The average Bonchev–Trinajstić information content (AvgIpc) is 2.67. The van der Waals surface area contributed by atoms with E-state index < -0.39 is 13.6 Å². The third kappa shape index (κ3) is 7.53. The number of carbonyl (C=O) groups excluding carboxylic acids is 1. The molecule has 0 saturated carbocycles. The highest BCUT2D eigenvalue weighted by atomic mass is 31.2. The number of benzene rings is 1. The first-order valence-corrected chi connectivity index (χ1v) is 11.3. The highest BCUT2D eigenvalue weighted by molar-refractivity contribution is 7.52. The number of pyridine rings is 1. The molecule has 1 aromatic carbocycles. The molecular formula is C18H26N7O4P. The first kappa shape index (κ1) is 23.4. The van der Waals surface area contributed by atoms with Crippen LogP contribution < -0.4 is 27.0 Å². The summed E-state index contributed by atoms with van der Waals surface area (Å²) in [6, 6.07) is 8.76. The van der Waals surface area contributed by atoms with Crippen LogP contribution in [-0.2, 0) is 9.36 Å². The number of aromatic nitrogens is 1. The van der Waals surface area contributed by atoms with Crippen molar-refractivity contribution in [3.8, 4) is 5.75 Å². The number of azo groups is 1. The number of unbranched alkanes of at least 4 members (excludes halogenated alkanes) is 1. The number of anilines is 2. The van der Waals surface area contributed by atoms with Crippen molar-refractivity contribution in [1.82, 2.24) is 4.98 Å². The predicted octanol–water partition coefficient (Wildman–Crippen LogP) is 2.67. The highest BCUT2D eigenvalue weighted by Crippen LogP contribution is 2.42. The topological polar surface area (TPSA) is 191 Å². The second-order valence-corrected chi connectivity index (χ2v) is 8.33. The smallest absolute Gasteiger partial charge is 0.373 e. The number of hydrogen-bond acceptors (Lipinski definition) is 9. The quantitative estimate of drug-likeness (QED) is 0.213. The van der Waals surface area contributed by atoms with E-state index >= 15 is 0 Å². The molecule has 12 heteroatoms. The lowest BCUT2D eigenvalue weighted by molar-refractivity contribution is -0.117. The number of nitrogens with one attached hydrogen (secondary N) is 1. The van der Waals surface area contributed by atoms with E-state index in [4.69, 9.17) is 21.7 Å². The van der Waals surface area contributed by atoms with Crippen molar-refractivity contribution < 1.29 is 18.8 Å². The minimum Gasteiger partial charge on any atom is -0.422 e. The molecule has 0 saturated heterocycles. The van der Waals surface area contributed by atoms with E-state index in [0.717, 1.165) is 19.5 Å². The van der Waals surface area contributed by atoms with E-state index in [0.29, 0.717) is 13.0 Å². The Hall–Kier alpha value is -2.85. The number of amides is 1. The van der Waals surface area contributed by atoms with Crippen LogP contribution in [0.4, 0.5) is 23.0 Å². The first-order chi connectivity index (χ1) is 14.2. The van der Waals surface area contributed by atoms with Crippen LogP contribution in [0.15, 0.2) is 46.6 Å². The van der Waals surface area contributed by atoms with Gasteiger partial charge in [-0.05, 0) is 43.7 Å². The Balaban J connectivity index is 2.08. The molecule has 1 heterocycles. The lowest BCUT2D eigenvalue weighted by atomic mass is 10.1. The fourth-order valence-electron chi connectivity index (χ4n) is 2.39. The van der Waals surface area contributed by atoms with Crippen molar-refractivity contribution in [2.45, 2.75) is 25.3 Å². The average molecular weight is 435 g/mol. The Bertz CT molecular complexity index is 948. The van der Waals surface area contributed by atoms with E-state index in [9.17, 15) is 14.3 Å². The zero-order valence-corrected chi connectivity index (χ0v) is 17.5. The van der Waals surface area contributed by atoms with Gasteiger partial charge in [-0.2, -0.15) is 0 Å². The first-order valence-electron chi connectivity index (χ1n) is 9.23. The summed E-state index contributed by atoms with van der Waals surface area (Å²) in [6.45, 7) is 1.62. The second-order valence-electron chi connectivity index (χ2n) is 6.54. The fourth-order valence-corrected chi connectivity index (χ4v) is 2.91. The number of para-hydroxylation sites is 1. The van der Waals surface area contributed by atoms with Crippen LogP contribution in [0, 0.1) is 0 Å². The minimum atomic E-state index is -3.75. The summed E-state index contributed by atoms with van der Waals surface area (Å²) < 4.78 is 16.5. The summed E-state index contributed by atoms with van der Waals surface area (Å²) >= 11 is 0. The van der Waals surface area contributed by atoms with Crippen molar-refractivity contribution in [2.75, 3.05) is 24.3 Å². The Labute approximate surface area is 174 Å². The van der Waals surface area contributed by atoms with E-state index in [1.165, 1.54) is 18.2 Å². The van der Waals surface area contributed by atoms with Crippen LogP contribution in [-0.4, -0.2) is 35.0 Å². The lowest BCUT2D eigenvalue weighted by Gasteiger charge is -2.12. The Morgan fingerprint density at radius 2 is 1.93 bits per heavy atom. The molecule has 30 heavy (non-hydrogen) atoms. The summed E-state index contributed by atoms with van der Waals surface area (Å²) in [7, 11) is -3.75. The normalized spacial score (nSPS) is 14.3. The van der Waals surface area contributed by atoms with Gasteiger partial charge in [-0.15, -0.1) is 10.2 Å². The van der Waals surface area contributed by atoms with Gasteiger partial charge >= 0.3 is 7.60 Å². The minimum absolute atomic E-state index is 0.0370. The molecule has 0 spiro atoms. The van der Waals surface area contributed by atoms with Crippen LogP contribution in [0.1, 0.15) is 19.3 Å². The molecule has 2 atom stereocenters. The molecule has 1 unspecified atom stereocenters. The zero-order chi connectivity index (χ0) is 22.1. The van der Waals surface area contributed by atoms with Crippen molar-refractivity contribution in [3.05, 3.63) is 36.4 Å². The van der Waals surface area contributed by atoms with Crippen molar-refractivity contribution in [3.63, 3.8) is 0 Å². The monoisotopic (exact) mass is 435 g/mol. The van der Waals surface area contributed by atoms with Gasteiger partial charge in [0, 0.05) is 6.66 Å². The van der Waals surface area contributed by atoms with Crippen LogP contribution in [0.2, 0.25) is 0 Å². The maximum Gasteiger partial charge on any atom is 0.373 e.